The van der Waals surface area contributed by atoms with Crippen molar-refractivity contribution in [1.29, 1.82) is 0 Å². The minimum absolute atomic E-state index is 0.0204. The smallest absolute Gasteiger partial charge is 0.255 e. The first-order valence-electron chi connectivity index (χ1n) is 8.66. The van der Waals surface area contributed by atoms with Crippen molar-refractivity contribution in [3.63, 3.8) is 0 Å². The van der Waals surface area contributed by atoms with Gasteiger partial charge in [0, 0.05) is 24.3 Å². The fourth-order valence-corrected chi connectivity index (χ4v) is 4.57. The van der Waals surface area contributed by atoms with Crippen molar-refractivity contribution in [3.8, 4) is 0 Å². The molecular formula is C19H20F2N2O3S. The molecule has 1 N–H and O–H groups in total. The minimum Gasteiger partial charge on any atom is -0.322 e. The second-order valence-electron chi connectivity index (χ2n) is 6.53. The van der Waals surface area contributed by atoms with E-state index in [4.69, 9.17) is 0 Å². The van der Waals surface area contributed by atoms with Crippen LogP contribution in [0, 0.1) is 18.6 Å². The van der Waals surface area contributed by atoms with Crippen molar-refractivity contribution >= 4 is 21.6 Å². The monoisotopic (exact) mass is 394 g/mol. The molecule has 0 radical (unpaired) electrons. The maximum atomic E-state index is 14.2. The van der Waals surface area contributed by atoms with Crippen LogP contribution in [0.5, 0.6) is 0 Å². The lowest BCUT2D eigenvalue weighted by molar-refractivity contribution is 0.102. The largest absolute Gasteiger partial charge is 0.322 e. The normalized spacial score (nSPS) is 15.5. The summed E-state index contributed by atoms with van der Waals surface area (Å²) in [4.78, 5) is 11.9. The fraction of sp³-hybridized carbons (Fsp3) is 0.316. The van der Waals surface area contributed by atoms with Crippen molar-refractivity contribution in [2.45, 2.75) is 31.1 Å². The second-order valence-corrected chi connectivity index (χ2v) is 8.43. The summed E-state index contributed by atoms with van der Waals surface area (Å²) in [7, 11) is -4.02. The summed E-state index contributed by atoms with van der Waals surface area (Å²) in [6, 6.07) is 7.40. The van der Waals surface area contributed by atoms with E-state index in [-0.39, 0.29) is 11.3 Å². The van der Waals surface area contributed by atoms with Gasteiger partial charge >= 0.3 is 0 Å². The zero-order chi connectivity index (χ0) is 19.6. The molecule has 0 atom stereocenters. The molecule has 0 bridgehead atoms. The van der Waals surface area contributed by atoms with E-state index in [9.17, 15) is 22.0 Å². The van der Waals surface area contributed by atoms with Crippen molar-refractivity contribution < 1.29 is 22.0 Å². The molecule has 0 unspecified atom stereocenters. The van der Waals surface area contributed by atoms with Gasteiger partial charge in [0.1, 0.15) is 16.5 Å². The highest BCUT2D eigenvalue weighted by molar-refractivity contribution is 7.89. The Labute approximate surface area is 157 Å². The lowest BCUT2D eigenvalue weighted by Crippen LogP contribution is -2.36. The van der Waals surface area contributed by atoms with Crippen LogP contribution in [0.2, 0.25) is 0 Å². The maximum Gasteiger partial charge on any atom is 0.255 e. The van der Waals surface area contributed by atoms with Crippen molar-refractivity contribution in [2.24, 2.45) is 0 Å². The number of halogens is 2. The van der Waals surface area contributed by atoms with Gasteiger partial charge in [-0.3, -0.25) is 4.79 Å². The summed E-state index contributed by atoms with van der Waals surface area (Å²) in [6.45, 7) is 2.26. The van der Waals surface area contributed by atoms with E-state index in [0.29, 0.717) is 18.7 Å². The van der Waals surface area contributed by atoms with Gasteiger partial charge < -0.3 is 5.32 Å². The molecular weight excluding hydrogens is 374 g/mol. The van der Waals surface area contributed by atoms with Crippen LogP contribution in [0.3, 0.4) is 0 Å². The number of nitrogens with zero attached hydrogens (tertiary/aromatic N) is 1. The van der Waals surface area contributed by atoms with Crippen molar-refractivity contribution in [2.75, 3.05) is 18.4 Å². The van der Waals surface area contributed by atoms with Gasteiger partial charge in [0.05, 0.1) is 0 Å². The van der Waals surface area contributed by atoms with Crippen LogP contribution in [0.15, 0.2) is 41.3 Å². The molecule has 8 heteroatoms. The Bertz CT molecular complexity index is 971. The molecule has 1 fully saturated rings. The number of hydrogen-bond acceptors (Lipinski definition) is 3. The van der Waals surface area contributed by atoms with Gasteiger partial charge in [-0.1, -0.05) is 12.5 Å². The lowest BCUT2D eigenvalue weighted by Gasteiger charge is -2.26. The van der Waals surface area contributed by atoms with Crippen LogP contribution < -0.4 is 5.32 Å². The molecule has 27 heavy (non-hydrogen) atoms. The average Bonchev–Trinajstić information content (AvgIpc) is 2.65. The van der Waals surface area contributed by atoms with E-state index >= 15 is 0 Å². The molecule has 0 aliphatic carbocycles. The third-order valence-corrected chi connectivity index (χ3v) is 6.47. The van der Waals surface area contributed by atoms with Crippen LogP contribution in [0.4, 0.5) is 14.5 Å². The van der Waals surface area contributed by atoms with Gasteiger partial charge in [-0.25, -0.2) is 17.2 Å². The minimum atomic E-state index is -4.02. The number of nitrogens with one attached hydrogen (secondary N) is 1. The number of carbonyl (C=O) groups is 1. The van der Waals surface area contributed by atoms with Gasteiger partial charge in [0.25, 0.3) is 5.91 Å². The number of sulfonamides is 1. The number of amides is 1. The summed E-state index contributed by atoms with van der Waals surface area (Å²) < 4.78 is 54.5. The maximum absolute atomic E-state index is 14.2. The summed E-state index contributed by atoms with van der Waals surface area (Å²) in [5, 5.41) is 2.49. The highest BCUT2D eigenvalue weighted by Crippen LogP contribution is 2.24. The summed E-state index contributed by atoms with van der Waals surface area (Å²) in [5.41, 5.74) is 0.644. The Balaban J connectivity index is 1.88. The van der Waals surface area contributed by atoms with E-state index in [1.807, 2.05) is 0 Å². The predicted octanol–water partition coefficient (Wildman–Crippen LogP) is 3.70. The van der Waals surface area contributed by atoms with Gasteiger partial charge in [-0.05, 0) is 55.7 Å². The zero-order valence-corrected chi connectivity index (χ0v) is 15.7. The van der Waals surface area contributed by atoms with Gasteiger partial charge in [0.2, 0.25) is 10.0 Å². The van der Waals surface area contributed by atoms with Crippen LogP contribution in [-0.2, 0) is 10.0 Å². The molecule has 5 nitrogen and oxygen atoms in total. The fourth-order valence-electron chi connectivity index (χ4n) is 2.96. The molecule has 0 aromatic heterocycles. The number of piperidine rings is 1. The van der Waals surface area contributed by atoms with E-state index in [2.05, 4.69) is 5.32 Å². The van der Waals surface area contributed by atoms with Crippen LogP contribution in [0.25, 0.3) is 0 Å². The summed E-state index contributed by atoms with van der Waals surface area (Å²) in [5.74, 6) is -2.02. The van der Waals surface area contributed by atoms with Crippen LogP contribution >= 0.6 is 0 Å². The topological polar surface area (TPSA) is 66.5 Å². The number of anilines is 1. The summed E-state index contributed by atoms with van der Waals surface area (Å²) in [6.07, 6.45) is 2.38. The Kier molecular flexibility index (Phi) is 5.57. The van der Waals surface area contributed by atoms with Crippen molar-refractivity contribution in [1.82, 2.24) is 4.31 Å². The van der Waals surface area contributed by atoms with E-state index < -0.39 is 32.5 Å². The molecule has 3 rings (SSSR count). The molecule has 1 aliphatic rings. The number of benzene rings is 2. The van der Waals surface area contributed by atoms with E-state index in [1.54, 1.807) is 6.92 Å². The first-order chi connectivity index (χ1) is 12.8. The molecule has 0 saturated carbocycles. The Morgan fingerprint density at radius 2 is 1.70 bits per heavy atom. The third kappa shape index (κ3) is 4.17. The standard InChI is InChI=1S/C19H20F2N2O3S/c1-13-5-7-15(12-17(13)21)22-19(24)14-6-8-16(20)18(11-14)27(25,26)23-9-3-2-4-10-23/h5-8,11-12H,2-4,9-10H2,1H3,(H,22,24). The highest BCUT2D eigenvalue weighted by atomic mass is 32.2. The number of aryl methyl sites for hydroxylation is 1. The molecule has 2 aromatic carbocycles. The number of carbonyl (C=O) groups excluding carboxylic acids is 1. The SMILES string of the molecule is Cc1ccc(NC(=O)c2ccc(F)c(S(=O)(=O)N3CCCCC3)c2)cc1F. The Morgan fingerprint density at radius 3 is 2.37 bits per heavy atom. The predicted molar refractivity (Wildman–Crippen MR) is 98.1 cm³/mol. The quantitative estimate of drug-likeness (QED) is 0.860. The molecule has 1 amide bonds. The van der Waals surface area contributed by atoms with E-state index in [1.165, 1.54) is 28.6 Å². The first-order valence-corrected chi connectivity index (χ1v) is 10.1. The number of rotatable bonds is 4. The lowest BCUT2D eigenvalue weighted by atomic mass is 10.2. The third-order valence-electron chi connectivity index (χ3n) is 4.56. The molecule has 1 aliphatic heterocycles. The highest BCUT2D eigenvalue weighted by Gasteiger charge is 2.29. The molecule has 1 heterocycles. The Morgan fingerprint density at radius 1 is 1.00 bits per heavy atom. The average molecular weight is 394 g/mol. The molecule has 2 aromatic rings. The number of hydrogen-bond donors (Lipinski definition) is 1. The van der Waals surface area contributed by atoms with Gasteiger partial charge in [0.15, 0.2) is 0 Å². The van der Waals surface area contributed by atoms with Gasteiger partial charge in [-0.2, -0.15) is 4.31 Å². The van der Waals surface area contributed by atoms with E-state index in [0.717, 1.165) is 31.4 Å². The second kappa shape index (κ2) is 7.74. The van der Waals surface area contributed by atoms with Crippen molar-refractivity contribution in [3.05, 3.63) is 59.2 Å². The molecule has 144 valence electrons. The first kappa shape index (κ1) is 19.4. The van der Waals surface area contributed by atoms with Gasteiger partial charge in [-0.15, -0.1) is 0 Å². The Hall–Kier alpha value is -2.32. The van der Waals surface area contributed by atoms with Crippen LogP contribution in [0.1, 0.15) is 35.2 Å². The molecule has 0 spiro atoms. The van der Waals surface area contributed by atoms with Crippen LogP contribution in [-0.4, -0.2) is 31.7 Å². The zero-order valence-electron chi connectivity index (χ0n) is 14.8. The molecule has 1 saturated heterocycles. The summed E-state index contributed by atoms with van der Waals surface area (Å²) >= 11 is 0.